The van der Waals surface area contributed by atoms with Crippen molar-refractivity contribution in [1.29, 1.82) is 0 Å². The number of hydrogen-bond donors (Lipinski definition) is 1. The lowest BCUT2D eigenvalue weighted by Gasteiger charge is -2.36. The summed E-state index contributed by atoms with van der Waals surface area (Å²) in [7, 11) is -3.93. The van der Waals surface area contributed by atoms with Gasteiger partial charge in [0.15, 0.2) is 0 Å². The van der Waals surface area contributed by atoms with Crippen molar-refractivity contribution in [1.82, 2.24) is 9.21 Å². The van der Waals surface area contributed by atoms with E-state index in [0.717, 1.165) is 6.07 Å². The Kier molecular flexibility index (Phi) is 5.81. The van der Waals surface area contributed by atoms with Gasteiger partial charge in [0.2, 0.25) is 15.9 Å². The second-order valence-electron chi connectivity index (χ2n) is 7.07. The molecule has 0 radical (unpaired) electrons. The second-order valence-corrected chi connectivity index (χ2v) is 8.98. The highest BCUT2D eigenvalue weighted by Crippen LogP contribution is 2.27. The van der Waals surface area contributed by atoms with Crippen molar-refractivity contribution in [3.63, 3.8) is 0 Å². The third kappa shape index (κ3) is 4.14. The third-order valence-electron chi connectivity index (χ3n) is 5.34. The highest BCUT2D eigenvalue weighted by Gasteiger charge is 2.36. The molecule has 27 heavy (non-hydrogen) atoms. The van der Waals surface area contributed by atoms with Gasteiger partial charge in [0, 0.05) is 32.1 Å². The maximum Gasteiger partial charge on any atom is 0.308 e. The Morgan fingerprint density at radius 2 is 1.70 bits per heavy atom. The minimum absolute atomic E-state index is 0.108. The molecule has 1 atom stereocenters. The Morgan fingerprint density at radius 1 is 1.04 bits per heavy atom. The monoisotopic (exact) mass is 398 g/mol. The van der Waals surface area contributed by atoms with E-state index in [1.807, 2.05) is 0 Å². The van der Waals surface area contributed by atoms with Crippen LogP contribution in [-0.4, -0.2) is 60.8 Å². The number of piperidine rings is 2. The SMILES string of the molecule is O=C(O)C1CCCN(C(=O)C2CCN(S(=O)(=O)c3ccccc3F)CC2)C1. The van der Waals surface area contributed by atoms with E-state index in [0.29, 0.717) is 32.2 Å². The molecule has 0 saturated carbocycles. The largest absolute Gasteiger partial charge is 0.481 e. The molecule has 3 rings (SSSR count). The van der Waals surface area contributed by atoms with E-state index in [1.165, 1.54) is 22.5 Å². The number of hydrogen-bond acceptors (Lipinski definition) is 4. The average Bonchev–Trinajstić information content (AvgIpc) is 2.68. The fourth-order valence-electron chi connectivity index (χ4n) is 3.77. The molecule has 0 aliphatic carbocycles. The first-order valence-corrected chi connectivity index (χ1v) is 10.5. The Bertz CT molecular complexity index is 821. The number of carboxylic acid groups (broad SMARTS) is 1. The summed E-state index contributed by atoms with van der Waals surface area (Å²) < 4.78 is 40.3. The van der Waals surface area contributed by atoms with Crippen LogP contribution in [0.3, 0.4) is 0 Å². The van der Waals surface area contributed by atoms with Crippen molar-refractivity contribution in [3.8, 4) is 0 Å². The summed E-state index contributed by atoms with van der Waals surface area (Å²) in [5.41, 5.74) is 0. The van der Waals surface area contributed by atoms with E-state index in [1.54, 1.807) is 4.90 Å². The highest BCUT2D eigenvalue weighted by molar-refractivity contribution is 7.89. The van der Waals surface area contributed by atoms with Crippen LogP contribution in [0.2, 0.25) is 0 Å². The van der Waals surface area contributed by atoms with Crippen LogP contribution in [0.5, 0.6) is 0 Å². The first kappa shape index (κ1) is 19.8. The summed E-state index contributed by atoms with van der Waals surface area (Å²) in [6, 6.07) is 5.25. The maximum absolute atomic E-state index is 13.9. The summed E-state index contributed by atoms with van der Waals surface area (Å²) in [5, 5.41) is 9.16. The van der Waals surface area contributed by atoms with Crippen LogP contribution in [0, 0.1) is 17.7 Å². The maximum atomic E-state index is 13.9. The number of carbonyl (C=O) groups excluding carboxylic acids is 1. The Hall–Kier alpha value is -2.00. The van der Waals surface area contributed by atoms with Crippen LogP contribution in [0.15, 0.2) is 29.2 Å². The van der Waals surface area contributed by atoms with E-state index in [-0.39, 0.29) is 36.4 Å². The molecule has 2 aliphatic heterocycles. The van der Waals surface area contributed by atoms with Crippen molar-refractivity contribution in [2.45, 2.75) is 30.6 Å². The number of benzene rings is 1. The minimum Gasteiger partial charge on any atom is -0.481 e. The van der Waals surface area contributed by atoms with Gasteiger partial charge in [0.25, 0.3) is 0 Å². The molecule has 1 amide bonds. The summed E-state index contributed by atoms with van der Waals surface area (Å²) in [4.78, 5) is 25.1. The molecule has 1 N–H and O–H groups in total. The smallest absolute Gasteiger partial charge is 0.308 e. The standard InChI is InChI=1S/C18H23FN2O5S/c19-15-5-1-2-6-16(15)27(25,26)21-10-7-13(8-11-21)17(22)20-9-3-4-14(12-20)18(23)24/h1-2,5-6,13-14H,3-4,7-12H2,(H,23,24). The van der Waals surface area contributed by atoms with Crippen LogP contribution < -0.4 is 0 Å². The predicted octanol–water partition coefficient (Wildman–Crippen LogP) is 1.55. The second kappa shape index (κ2) is 7.93. The van der Waals surface area contributed by atoms with Crippen LogP contribution in [0.25, 0.3) is 0 Å². The zero-order chi connectivity index (χ0) is 19.6. The topological polar surface area (TPSA) is 95.0 Å². The summed E-state index contributed by atoms with van der Waals surface area (Å²) in [5.74, 6) is -2.65. The molecule has 9 heteroatoms. The molecule has 0 aromatic heterocycles. The van der Waals surface area contributed by atoms with Gasteiger partial charge in [0.05, 0.1) is 5.92 Å². The molecule has 1 aromatic rings. The highest BCUT2D eigenvalue weighted by atomic mass is 32.2. The van der Waals surface area contributed by atoms with Gasteiger partial charge in [-0.1, -0.05) is 12.1 Å². The molecule has 1 aromatic carbocycles. The van der Waals surface area contributed by atoms with E-state index >= 15 is 0 Å². The van der Waals surface area contributed by atoms with Gasteiger partial charge in [-0.25, -0.2) is 12.8 Å². The predicted molar refractivity (Wildman–Crippen MR) is 94.8 cm³/mol. The molecule has 2 aliphatic rings. The Balaban J connectivity index is 1.62. The average molecular weight is 398 g/mol. The molecule has 7 nitrogen and oxygen atoms in total. The van der Waals surface area contributed by atoms with Gasteiger partial charge in [-0.05, 0) is 37.8 Å². The van der Waals surface area contributed by atoms with E-state index in [4.69, 9.17) is 5.11 Å². The lowest BCUT2D eigenvalue weighted by atomic mass is 9.93. The number of rotatable bonds is 4. The zero-order valence-electron chi connectivity index (χ0n) is 14.9. The van der Waals surface area contributed by atoms with Gasteiger partial charge in [-0.15, -0.1) is 0 Å². The van der Waals surface area contributed by atoms with E-state index in [2.05, 4.69) is 0 Å². The molecule has 148 valence electrons. The van der Waals surface area contributed by atoms with Gasteiger partial charge in [0.1, 0.15) is 10.7 Å². The quantitative estimate of drug-likeness (QED) is 0.830. The van der Waals surface area contributed by atoms with Crippen molar-refractivity contribution in [2.75, 3.05) is 26.2 Å². The Labute approximate surface area is 157 Å². The summed E-state index contributed by atoms with van der Waals surface area (Å²) >= 11 is 0. The van der Waals surface area contributed by atoms with Crippen molar-refractivity contribution in [2.24, 2.45) is 11.8 Å². The van der Waals surface area contributed by atoms with Gasteiger partial charge in [-0.3, -0.25) is 9.59 Å². The number of aliphatic carboxylic acids is 1. The summed E-state index contributed by atoms with van der Waals surface area (Å²) in [6.45, 7) is 1.03. The lowest BCUT2D eigenvalue weighted by molar-refractivity contribution is -0.147. The molecule has 0 bridgehead atoms. The number of carboxylic acids is 1. The fourth-order valence-corrected chi connectivity index (χ4v) is 5.31. The van der Waals surface area contributed by atoms with Crippen LogP contribution in [-0.2, 0) is 19.6 Å². The normalized spacial score (nSPS) is 22.6. The van der Waals surface area contributed by atoms with Crippen molar-refractivity contribution in [3.05, 3.63) is 30.1 Å². The molecule has 0 spiro atoms. The van der Waals surface area contributed by atoms with Gasteiger partial charge >= 0.3 is 5.97 Å². The van der Waals surface area contributed by atoms with E-state index < -0.39 is 27.7 Å². The molecule has 2 fully saturated rings. The zero-order valence-corrected chi connectivity index (χ0v) is 15.7. The molecular formula is C18H23FN2O5S. The molecule has 2 saturated heterocycles. The number of carbonyl (C=O) groups is 2. The van der Waals surface area contributed by atoms with Gasteiger partial charge < -0.3 is 10.0 Å². The third-order valence-corrected chi connectivity index (χ3v) is 7.27. The van der Waals surface area contributed by atoms with Gasteiger partial charge in [-0.2, -0.15) is 4.31 Å². The minimum atomic E-state index is -3.93. The van der Waals surface area contributed by atoms with Crippen LogP contribution in [0.1, 0.15) is 25.7 Å². The number of amides is 1. The Morgan fingerprint density at radius 3 is 2.33 bits per heavy atom. The summed E-state index contributed by atoms with van der Waals surface area (Å²) in [6.07, 6.45) is 1.92. The lowest BCUT2D eigenvalue weighted by Crippen LogP contribution is -2.48. The van der Waals surface area contributed by atoms with Crippen molar-refractivity contribution < 1.29 is 27.5 Å². The molecule has 2 heterocycles. The number of nitrogens with zero attached hydrogens (tertiary/aromatic N) is 2. The van der Waals surface area contributed by atoms with E-state index in [9.17, 15) is 22.4 Å². The van der Waals surface area contributed by atoms with Crippen molar-refractivity contribution >= 4 is 21.9 Å². The van der Waals surface area contributed by atoms with Crippen LogP contribution in [0.4, 0.5) is 4.39 Å². The molecular weight excluding hydrogens is 375 g/mol. The van der Waals surface area contributed by atoms with Crippen LogP contribution >= 0.6 is 0 Å². The molecule has 1 unspecified atom stereocenters. The number of halogens is 1. The fraction of sp³-hybridized carbons (Fsp3) is 0.556. The first-order valence-electron chi connectivity index (χ1n) is 9.07. The number of sulfonamides is 1. The number of likely N-dealkylation sites (tertiary alicyclic amines) is 1. The first-order chi connectivity index (χ1) is 12.8.